The van der Waals surface area contributed by atoms with Gasteiger partial charge >= 0.3 is 0 Å². The maximum Gasteiger partial charge on any atom is 0.257 e. The molecule has 0 saturated carbocycles. The van der Waals surface area contributed by atoms with Crippen molar-refractivity contribution >= 4 is 24.0 Å². The summed E-state index contributed by atoms with van der Waals surface area (Å²) in [5.74, 6) is 1.15. The van der Waals surface area contributed by atoms with Gasteiger partial charge in [-0.3, -0.25) is 4.79 Å². The molecule has 2 N–H and O–H groups in total. The number of aromatic nitrogens is 2. The van der Waals surface area contributed by atoms with Crippen LogP contribution < -0.4 is 15.4 Å². The molecule has 1 aliphatic heterocycles. The van der Waals surface area contributed by atoms with E-state index in [0.29, 0.717) is 23.2 Å². The van der Waals surface area contributed by atoms with Gasteiger partial charge in [-0.05, 0) is 61.3 Å². The van der Waals surface area contributed by atoms with Crippen LogP contribution in [0.2, 0.25) is 0 Å². The van der Waals surface area contributed by atoms with Gasteiger partial charge in [0.05, 0.1) is 19.2 Å². The summed E-state index contributed by atoms with van der Waals surface area (Å²) in [7, 11) is 1.56. The van der Waals surface area contributed by atoms with Crippen LogP contribution in [-0.2, 0) is 24.1 Å². The molecule has 7 nitrogen and oxygen atoms in total. The third-order valence-corrected chi connectivity index (χ3v) is 4.76. The maximum absolute atomic E-state index is 12.3. The average molecular weight is 415 g/mol. The van der Waals surface area contributed by atoms with Crippen LogP contribution in [0.5, 0.6) is 5.75 Å². The third kappa shape index (κ3) is 4.93. The highest BCUT2D eigenvalue weighted by Crippen LogP contribution is 2.24. The minimum atomic E-state index is -0.232. The molecular formula is C21H23ClN4O3. The van der Waals surface area contributed by atoms with Gasteiger partial charge in [0.1, 0.15) is 5.75 Å². The summed E-state index contributed by atoms with van der Waals surface area (Å²) < 4.78 is 10.6. The van der Waals surface area contributed by atoms with Gasteiger partial charge in [-0.2, -0.15) is 4.98 Å². The van der Waals surface area contributed by atoms with Crippen molar-refractivity contribution in [2.24, 2.45) is 0 Å². The van der Waals surface area contributed by atoms with Gasteiger partial charge in [0.2, 0.25) is 5.91 Å². The Balaban J connectivity index is 0.00000240. The molecule has 2 aromatic carbocycles. The van der Waals surface area contributed by atoms with Crippen molar-refractivity contribution < 1.29 is 14.1 Å². The molecule has 0 saturated heterocycles. The molecule has 0 aliphatic carbocycles. The minimum absolute atomic E-state index is 0. The number of nitrogens with one attached hydrogen (secondary N) is 2. The molecule has 1 aliphatic rings. The van der Waals surface area contributed by atoms with Gasteiger partial charge in [-0.1, -0.05) is 23.4 Å². The van der Waals surface area contributed by atoms with Gasteiger partial charge in [-0.15, -0.1) is 12.4 Å². The number of rotatable bonds is 5. The maximum atomic E-state index is 12.3. The van der Waals surface area contributed by atoms with E-state index in [1.54, 1.807) is 19.2 Å². The number of hydrogen-bond donors (Lipinski definition) is 2. The van der Waals surface area contributed by atoms with Crippen LogP contribution in [0, 0.1) is 0 Å². The largest absolute Gasteiger partial charge is 0.495 e. The average Bonchev–Trinajstić information content (AvgIpc) is 3.04. The zero-order valence-electron chi connectivity index (χ0n) is 16.1. The lowest BCUT2D eigenvalue weighted by atomic mass is 10.00. The topological polar surface area (TPSA) is 89.3 Å². The Bertz CT molecular complexity index is 990. The first kappa shape index (κ1) is 20.8. The second kappa shape index (κ2) is 9.54. The Hall–Kier alpha value is -2.90. The van der Waals surface area contributed by atoms with E-state index in [2.05, 4.69) is 32.9 Å². The van der Waals surface area contributed by atoms with Crippen LogP contribution in [0.25, 0.3) is 11.5 Å². The van der Waals surface area contributed by atoms with Crippen LogP contribution in [-0.4, -0.2) is 36.2 Å². The Morgan fingerprint density at radius 3 is 2.79 bits per heavy atom. The Morgan fingerprint density at radius 1 is 1.17 bits per heavy atom. The highest BCUT2D eigenvalue weighted by Gasteiger charge is 2.16. The number of benzene rings is 2. The smallest absolute Gasteiger partial charge is 0.257 e. The molecule has 29 heavy (non-hydrogen) atoms. The normalized spacial score (nSPS) is 13.0. The molecule has 0 spiro atoms. The summed E-state index contributed by atoms with van der Waals surface area (Å²) in [5, 5.41) is 10.2. The molecule has 8 heteroatoms. The molecule has 0 fully saturated rings. The van der Waals surface area contributed by atoms with Crippen molar-refractivity contribution in [3.63, 3.8) is 0 Å². The second-order valence-corrected chi connectivity index (χ2v) is 6.67. The van der Waals surface area contributed by atoms with Crippen LogP contribution in [0.1, 0.15) is 17.0 Å². The molecule has 1 amide bonds. The van der Waals surface area contributed by atoms with E-state index in [0.717, 1.165) is 31.5 Å². The number of nitrogens with zero attached hydrogens (tertiary/aromatic N) is 2. The minimum Gasteiger partial charge on any atom is -0.495 e. The summed E-state index contributed by atoms with van der Waals surface area (Å²) in [6, 6.07) is 13.5. The molecule has 4 rings (SSSR count). The fourth-order valence-corrected chi connectivity index (χ4v) is 3.34. The van der Waals surface area contributed by atoms with Crippen molar-refractivity contribution in [1.29, 1.82) is 0 Å². The van der Waals surface area contributed by atoms with Crippen LogP contribution in [0.3, 0.4) is 0 Å². The standard InChI is InChI=1S/C21H22N4O3.ClH/c1-27-18-5-3-2-4-17(18)23-20(26)13-19-24-21(28-25-19)16-7-6-14-8-10-22-11-9-15(14)12-16;/h2-7,12,22H,8-11,13H2,1H3,(H,23,26);1H. The molecule has 152 valence electrons. The highest BCUT2D eigenvalue weighted by atomic mass is 35.5. The molecule has 0 radical (unpaired) electrons. The summed E-state index contributed by atoms with van der Waals surface area (Å²) in [5.41, 5.74) is 4.14. The van der Waals surface area contributed by atoms with Gasteiger partial charge < -0.3 is 19.9 Å². The van der Waals surface area contributed by atoms with E-state index < -0.39 is 0 Å². The van der Waals surface area contributed by atoms with Crippen LogP contribution in [0.15, 0.2) is 47.0 Å². The van der Waals surface area contributed by atoms with E-state index >= 15 is 0 Å². The fraction of sp³-hybridized carbons (Fsp3) is 0.286. The molecular weight excluding hydrogens is 392 g/mol. The zero-order chi connectivity index (χ0) is 19.3. The Labute approximate surface area is 175 Å². The fourth-order valence-electron chi connectivity index (χ4n) is 3.34. The quantitative estimate of drug-likeness (QED) is 0.667. The van der Waals surface area contributed by atoms with E-state index in [1.807, 2.05) is 18.2 Å². The lowest BCUT2D eigenvalue weighted by Gasteiger charge is -2.08. The molecule has 0 atom stereocenters. The van der Waals surface area contributed by atoms with Gasteiger partial charge in [-0.25, -0.2) is 0 Å². The van der Waals surface area contributed by atoms with Crippen LogP contribution >= 0.6 is 12.4 Å². The number of amides is 1. The number of ether oxygens (including phenoxy) is 1. The molecule has 2 heterocycles. The highest BCUT2D eigenvalue weighted by molar-refractivity contribution is 5.93. The van der Waals surface area contributed by atoms with Gasteiger partial charge in [0, 0.05) is 5.56 Å². The van der Waals surface area contributed by atoms with Crippen LogP contribution in [0.4, 0.5) is 5.69 Å². The number of carbonyl (C=O) groups excluding carboxylic acids is 1. The number of anilines is 1. The zero-order valence-corrected chi connectivity index (χ0v) is 16.9. The van der Waals surface area contributed by atoms with Gasteiger partial charge in [0.15, 0.2) is 5.82 Å². The Kier molecular flexibility index (Phi) is 6.85. The number of methoxy groups -OCH3 is 1. The predicted octanol–water partition coefficient (Wildman–Crippen LogP) is 3.04. The SMILES string of the molecule is COc1ccccc1NC(=O)Cc1noc(-c2ccc3c(c2)CCNCC3)n1.Cl. The van der Waals surface area contributed by atoms with Crippen molar-refractivity contribution in [2.75, 3.05) is 25.5 Å². The number of carbonyl (C=O) groups is 1. The summed E-state index contributed by atoms with van der Waals surface area (Å²) >= 11 is 0. The number of para-hydroxylation sites is 2. The Morgan fingerprint density at radius 2 is 1.97 bits per heavy atom. The first-order valence-corrected chi connectivity index (χ1v) is 9.31. The number of fused-ring (bicyclic) bond motifs is 1. The summed E-state index contributed by atoms with van der Waals surface area (Å²) in [6.07, 6.45) is 2.02. The predicted molar refractivity (Wildman–Crippen MR) is 113 cm³/mol. The van der Waals surface area contributed by atoms with Crippen molar-refractivity contribution in [3.8, 4) is 17.2 Å². The van der Waals surface area contributed by atoms with E-state index in [1.165, 1.54) is 11.1 Å². The second-order valence-electron chi connectivity index (χ2n) is 6.67. The van der Waals surface area contributed by atoms with Crippen molar-refractivity contribution in [1.82, 2.24) is 15.5 Å². The monoisotopic (exact) mass is 414 g/mol. The summed E-state index contributed by atoms with van der Waals surface area (Å²) in [6.45, 7) is 1.97. The van der Waals surface area contributed by atoms with Gasteiger partial charge in [0.25, 0.3) is 5.89 Å². The number of halogens is 1. The molecule has 1 aromatic heterocycles. The molecule has 3 aromatic rings. The lowest BCUT2D eigenvalue weighted by molar-refractivity contribution is -0.115. The molecule has 0 unspecified atom stereocenters. The summed E-state index contributed by atoms with van der Waals surface area (Å²) in [4.78, 5) is 16.7. The van der Waals surface area contributed by atoms with E-state index in [4.69, 9.17) is 9.26 Å². The lowest BCUT2D eigenvalue weighted by Crippen LogP contribution is -2.16. The first-order chi connectivity index (χ1) is 13.7. The molecule has 0 bridgehead atoms. The first-order valence-electron chi connectivity index (χ1n) is 9.31. The van der Waals surface area contributed by atoms with Crippen molar-refractivity contribution in [2.45, 2.75) is 19.3 Å². The van der Waals surface area contributed by atoms with E-state index in [9.17, 15) is 4.79 Å². The van der Waals surface area contributed by atoms with Crippen molar-refractivity contribution in [3.05, 3.63) is 59.4 Å². The number of hydrogen-bond acceptors (Lipinski definition) is 6. The third-order valence-electron chi connectivity index (χ3n) is 4.76. The van der Waals surface area contributed by atoms with E-state index in [-0.39, 0.29) is 24.7 Å².